The van der Waals surface area contributed by atoms with Crippen molar-refractivity contribution in [2.24, 2.45) is 0 Å². The molecular formula is C18H26N2O3. The summed E-state index contributed by atoms with van der Waals surface area (Å²) in [4.78, 5) is 4.38. The highest BCUT2D eigenvalue weighted by Crippen LogP contribution is 2.13. The summed E-state index contributed by atoms with van der Waals surface area (Å²) < 4.78 is 10.7. The molecule has 0 saturated carbocycles. The molecule has 0 amide bonds. The monoisotopic (exact) mass is 318 g/mol. The topological polar surface area (TPSA) is 45.2 Å². The molecule has 1 aromatic rings. The van der Waals surface area contributed by atoms with Gasteiger partial charge in [-0.1, -0.05) is 18.1 Å². The smallest absolute Gasteiger partial charge is 0.148 e. The molecule has 126 valence electrons. The fourth-order valence-corrected chi connectivity index (χ4v) is 2.69. The number of morpholine rings is 1. The lowest BCUT2D eigenvalue weighted by Gasteiger charge is -2.30. The summed E-state index contributed by atoms with van der Waals surface area (Å²) in [7, 11) is 2.02. The summed E-state index contributed by atoms with van der Waals surface area (Å²) >= 11 is 0. The van der Waals surface area contributed by atoms with Crippen LogP contribution in [0.5, 0.6) is 5.75 Å². The zero-order chi connectivity index (χ0) is 16.5. The molecular weight excluding hydrogens is 292 g/mol. The summed E-state index contributed by atoms with van der Waals surface area (Å²) in [6.07, 6.45) is 4.82. The van der Waals surface area contributed by atoms with E-state index < -0.39 is 0 Å². The van der Waals surface area contributed by atoms with Crippen molar-refractivity contribution >= 4 is 0 Å². The Balaban J connectivity index is 1.72. The molecule has 1 fully saturated rings. The Morgan fingerprint density at radius 1 is 1.35 bits per heavy atom. The highest BCUT2D eigenvalue weighted by atomic mass is 16.5. The molecule has 23 heavy (non-hydrogen) atoms. The van der Waals surface area contributed by atoms with E-state index in [1.165, 1.54) is 5.56 Å². The number of hydrogen-bond acceptors (Lipinski definition) is 5. The summed E-state index contributed by atoms with van der Waals surface area (Å²) in [5, 5.41) is 10.2. The number of likely N-dealkylation sites (N-methyl/N-ethyl adjacent to an activating group) is 1. The lowest BCUT2D eigenvalue weighted by Crippen LogP contribution is -2.43. The van der Waals surface area contributed by atoms with E-state index in [0.29, 0.717) is 13.1 Å². The maximum Gasteiger partial charge on any atom is 0.148 e. The van der Waals surface area contributed by atoms with E-state index >= 15 is 0 Å². The molecule has 0 spiro atoms. The second-order valence-corrected chi connectivity index (χ2v) is 5.90. The van der Waals surface area contributed by atoms with Gasteiger partial charge in [-0.05, 0) is 24.7 Å². The number of nitrogens with zero attached hydrogens (tertiary/aromatic N) is 2. The molecule has 1 aromatic carbocycles. The largest absolute Gasteiger partial charge is 0.481 e. The van der Waals surface area contributed by atoms with Crippen LogP contribution in [-0.2, 0) is 11.3 Å². The first kappa shape index (κ1) is 17.8. The molecule has 5 heteroatoms. The standard InChI is InChI=1S/C18H26N2O3/c1-3-10-23-18-6-4-16(5-7-18)13-19(2)14-17(21)15-20-8-11-22-12-9-20/h1,4-7,17,21H,8-15H2,2H3. The number of terminal acetylenes is 1. The van der Waals surface area contributed by atoms with Crippen molar-refractivity contribution in [3.63, 3.8) is 0 Å². The minimum atomic E-state index is -0.351. The van der Waals surface area contributed by atoms with Crippen LogP contribution in [0.2, 0.25) is 0 Å². The van der Waals surface area contributed by atoms with E-state index in [1.807, 2.05) is 31.3 Å². The predicted octanol–water partition coefficient (Wildman–Crippen LogP) is 0.824. The SMILES string of the molecule is C#CCOc1ccc(CN(C)CC(O)CN2CCOCC2)cc1. The van der Waals surface area contributed by atoms with E-state index in [0.717, 1.165) is 38.6 Å². The number of β-amino-alcohol motifs (C(OH)–C–C–N with tert-alkyl or cyclic N) is 1. The Kier molecular flexibility index (Phi) is 7.37. The quantitative estimate of drug-likeness (QED) is 0.719. The van der Waals surface area contributed by atoms with Crippen LogP contribution in [0.25, 0.3) is 0 Å². The van der Waals surface area contributed by atoms with Crippen molar-refractivity contribution in [2.75, 3.05) is 53.0 Å². The third-order valence-electron chi connectivity index (χ3n) is 3.79. The van der Waals surface area contributed by atoms with Crippen molar-refractivity contribution in [3.05, 3.63) is 29.8 Å². The van der Waals surface area contributed by atoms with Crippen LogP contribution in [0.3, 0.4) is 0 Å². The molecule has 0 aromatic heterocycles. The Hall–Kier alpha value is -1.58. The Labute approximate surface area is 138 Å². The maximum atomic E-state index is 10.2. The van der Waals surface area contributed by atoms with Gasteiger partial charge in [0.25, 0.3) is 0 Å². The summed E-state index contributed by atoms with van der Waals surface area (Å²) in [5.41, 5.74) is 1.18. The van der Waals surface area contributed by atoms with Gasteiger partial charge >= 0.3 is 0 Å². The van der Waals surface area contributed by atoms with E-state index in [9.17, 15) is 5.11 Å². The molecule has 0 aliphatic carbocycles. The van der Waals surface area contributed by atoms with Crippen LogP contribution in [0.1, 0.15) is 5.56 Å². The van der Waals surface area contributed by atoms with Crippen LogP contribution in [0.4, 0.5) is 0 Å². The van der Waals surface area contributed by atoms with Crippen molar-refractivity contribution in [1.82, 2.24) is 9.80 Å². The number of hydrogen-bond donors (Lipinski definition) is 1. The van der Waals surface area contributed by atoms with Gasteiger partial charge in [-0.3, -0.25) is 9.80 Å². The Bertz CT molecular complexity index is 492. The fourth-order valence-electron chi connectivity index (χ4n) is 2.69. The summed E-state index contributed by atoms with van der Waals surface area (Å²) in [6, 6.07) is 7.89. The first-order valence-corrected chi connectivity index (χ1v) is 7.99. The number of aliphatic hydroxyl groups is 1. The molecule has 5 nitrogen and oxygen atoms in total. The first-order valence-electron chi connectivity index (χ1n) is 7.99. The van der Waals surface area contributed by atoms with Crippen molar-refractivity contribution in [3.8, 4) is 18.1 Å². The highest BCUT2D eigenvalue weighted by molar-refractivity contribution is 5.27. The predicted molar refractivity (Wildman–Crippen MR) is 90.4 cm³/mol. The summed E-state index contributed by atoms with van der Waals surface area (Å²) in [6.45, 7) is 5.74. The van der Waals surface area contributed by atoms with Crippen LogP contribution < -0.4 is 4.74 Å². The van der Waals surface area contributed by atoms with E-state index in [-0.39, 0.29) is 12.7 Å². The lowest BCUT2D eigenvalue weighted by molar-refractivity contribution is 0.00825. The number of benzene rings is 1. The minimum Gasteiger partial charge on any atom is -0.481 e. The molecule has 1 N–H and O–H groups in total. The second kappa shape index (κ2) is 9.53. The first-order chi connectivity index (χ1) is 11.2. The van der Waals surface area contributed by atoms with E-state index in [1.54, 1.807) is 0 Å². The van der Waals surface area contributed by atoms with Crippen molar-refractivity contribution in [2.45, 2.75) is 12.6 Å². The Morgan fingerprint density at radius 2 is 2.04 bits per heavy atom. The normalized spacial score (nSPS) is 17.0. The number of ether oxygens (including phenoxy) is 2. The molecule has 0 radical (unpaired) electrons. The van der Waals surface area contributed by atoms with Crippen LogP contribution in [-0.4, -0.2) is 74.1 Å². The van der Waals surface area contributed by atoms with Gasteiger partial charge in [-0.25, -0.2) is 0 Å². The number of rotatable bonds is 8. The number of aliphatic hydroxyl groups excluding tert-OH is 1. The molecule has 2 rings (SSSR count). The average molecular weight is 318 g/mol. The van der Waals surface area contributed by atoms with Crippen LogP contribution in [0, 0.1) is 12.3 Å². The van der Waals surface area contributed by atoms with Gasteiger partial charge in [-0.15, -0.1) is 6.42 Å². The fraction of sp³-hybridized carbons (Fsp3) is 0.556. The second-order valence-electron chi connectivity index (χ2n) is 5.90. The molecule has 1 aliphatic heterocycles. The van der Waals surface area contributed by atoms with Gasteiger partial charge in [-0.2, -0.15) is 0 Å². The maximum absolute atomic E-state index is 10.2. The van der Waals surface area contributed by atoms with Gasteiger partial charge < -0.3 is 14.6 Å². The summed E-state index contributed by atoms with van der Waals surface area (Å²) in [5.74, 6) is 3.23. The molecule has 1 unspecified atom stereocenters. The van der Waals surface area contributed by atoms with E-state index in [2.05, 4.69) is 15.7 Å². The van der Waals surface area contributed by atoms with Gasteiger partial charge in [0, 0.05) is 32.7 Å². The lowest BCUT2D eigenvalue weighted by atomic mass is 10.2. The molecule has 1 heterocycles. The average Bonchev–Trinajstić information content (AvgIpc) is 2.55. The molecule has 1 aliphatic rings. The molecule has 1 atom stereocenters. The van der Waals surface area contributed by atoms with Crippen molar-refractivity contribution in [1.29, 1.82) is 0 Å². The zero-order valence-corrected chi connectivity index (χ0v) is 13.8. The van der Waals surface area contributed by atoms with Gasteiger partial charge in [0.2, 0.25) is 0 Å². The van der Waals surface area contributed by atoms with Gasteiger partial charge in [0.15, 0.2) is 0 Å². The van der Waals surface area contributed by atoms with Gasteiger partial charge in [0.1, 0.15) is 12.4 Å². The van der Waals surface area contributed by atoms with Crippen LogP contribution in [0.15, 0.2) is 24.3 Å². The third kappa shape index (κ3) is 6.59. The Morgan fingerprint density at radius 3 is 2.70 bits per heavy atom. The van der Waals surface area contributed by atoms with Gasteiger partial charge in [0.05, 0.1) is 19.3 Å². The van der Waals surface area contributed by atoms with E-state index in [4.69, 9.17) is 15.9 Å². The molecule has 0 bridgehead atoms. The minimum absolute atomic E-state index is 0.285. The third-order valence-corrected chi connectivity index (χ3v) is 3.79. The molecule has 1 saturated heterocycles. The highest BCUT2D eigenvalue weighted by Gasteiger charge is 2.16. The van der Waals surface area contributed by atoms with Crippen molar-refractivity contribution < 1.29 is 14.6 Å². The van der Waals surface area contributed by atoms with Crippen LogP contribution >= 0.6 is 0 Å². The zero-order valence-electron chi connectivity index (χ0n) is 13.8.